The summed E-state index contributed by atoms with van der Waals surface area (Å²) in [6, 6.07) is 20.9. The summed E-state index contributed by atoms with van der Waals surface area (Å²) in [5, 5.41) is 0. The molecule has 1 atom stereocenters. The smallest absolute Gasteiger partial charge is 0.159 e. The van der Waals surface area contributed by atoms with Crippen molar-refractivity contribution in [1.29, 1.82) is 0 Å². The standard InChI is InChI=1S/C31H33F2N/c1-5-31(3,4)20-23-9-6-11-25(17-23)28-13-8-16-34(21-28)22(2)24-10-7-12-26(18-24)27-14-15-29(32)30(33)19-27/h5-7,9-12,14-15,17-19,28H,1-2,8,13,16,20-21H2,3-4H3. The Morgan fingerprint density at radius 1 is 1.00 bits per heavy atom. The highest BCUT2D eigenvalue weighted by molar-refractivity contribution is 5.71. The van der Waals surface area contributed by atoms with E-state index in [2.05, 4.69) is 56.2 Å². The molecule has 3 aromatic carbocycles. The molecule has 0 N–H and O–H groups in total. The van der Waals surface area contributed by atoms with Gasteiger partial charge in [-0.25, -0.2) is 8.78 Å². The van der Waals surface area contributed by atoms with E-state index in [-0.39, 0.29) is 5.41 Å². The molecule has 4 rings (SSSR count). The number of likely N-dealkylation sites (tertiary alicyclic amines) is 1. The van der Waals surface area contributed by atoms with Gasteiger partial charge in [0, 0.05) is 24.7 Å². The number of allylic oxidation sites excluding steroid dienone is 1. The molecule has 0 bridgehead atoms. The molecular weight excluding hydrogens is 424 g/mol. The monoisotopic (exact) mass is 457 g/mol. The van der Waals surface area contributed by atoms with E-state index in [0.717, 1.165) is 49.2 Å². The zero-order chi connectivity index (χ0) is 24.3. The van der Waals surface area contributed by atoms with Gasteiger partial charge in [-0.05, 0) is 70.7 Å². The summed E-state index contributed by atoms with van der Waals surface area (Å²) in [5.41, 5.74) is 6.28. The van der Waals surface area contributed by atoms with Crippen LogP contribution < -0.4 is 0 Å². The fourth-order valence-electron chi connectivity index (χ4n) is 4.79. The average molecular weight is 458 g/mol. The number of piperidine rings is 1. The van der Waals surface area contributed by atoms with Crippen molar-refractivity contribution in [3.05, 3.63) is 114 Å². The predicted octanol–water partition coefficient (Wildman–Crippen LogP) is 8.24. The van der Waals surface area contributed by atoms with Gasteiger partial charge in [0.2, 0.25) is 0 Å². The summed E-state index contributed by atoms with van der Waals surface area (Å²) < 4.78 is 27.1. The van der Waals surface area contributed by atoms with Gasteiger partial charge in [-0.1, -0.05) is 75.0 Å². The van der Waals surface area contributed by atoms with Crippen molar-refractivity contribution >= 4 is 5.70 Å². The maximum Gasteiger partial charge on any atom is 0.159 e. The van der Waals surface area contributed by atoms with Gasteiger partial charge in [0.1, 0.15) is 0 Å². The lowest BCUT2D eigenvalue weighted by Gasteiger charge is -2.36. The Labute approximate surface area is 202 Å². The number of hydrogen-bond acceptors (Lipinski definition) is 1. The van der Waals surface area contributed by atoms with E-state index in [0.29, 0.717) is 11.5 Å². The summed E-state index contributed by atoms with van der Waals surface area (Å²) >= 11 is 0. The van der Waals surface area contributed by atoms with Gasteiger partial charge in [0.05, 0.1) is 0 Å². The largest absolute Gasteiger partial charge is 0.371 e. The van der Waals surface area contributed by atoms with Crippen LogP contribution in [0, 0.1) is 17.0 Å². The van der Waals surface area contributed by atoms with Crippen molar-refractivity contribution in [2.24, 2.45) is 5.41 Å². The zero-order valence-electron chi connectivity index (χ0n) is 20.2. The SMILES string of the molecule is C=CC(C)(C)Cc1cccc(C2CCCN(C(=C)c3cccc(-c4ccc(F)c(F)c4)c3)C2)c1. The van der Waals surface area contributed by atoms with Crippen molar-refractivity contribution in [3.8, 4) is 11.1 Å². The molecule has 0 aromatic heterocycles. The minimum atomic E-state index is -0.834. The van der Waals surface area contributed by atoms with Gasteiger partial charge in [0.15, 0.2) is 11.6 Å². The van der Waals surface area contributed by atoms with E-state index in [1.165, 1.54) is 23.3 Å². The van der Waals surface area contributed by atoms with E-state index in [1.807, 2.05) is 30.3 Å². The van der Waals surface area contributed by atoms with Crippen LogP contribution in [0.3, 0.4) is 0 Å². The minimum Gasteiger partial charge on any atom is -0.371 e. The van der Waals surface area contributed by atoms with Crippen molar-refractivity contribution in [1.82, 2.24) is 4.90 Å². The first kappa shape index (κ1) is 23.9. The van der Waals surface area contributed by atoms with Gasteiger partial charge in [-0.15, -0.1) is 6.58 Å². The molecule has 1 unspecified atom stereocenters. The van der Waals surface area contributed by atoms with Crippen LogP contribution in [0.2, 0.25) is 0 Å². The van der Waals surface area contributed by atoms with Crippen LogP contribution in [0.25, 0.3) is 16.8 Å². The van der Waals surface area contributed by atoms with Crippen molar-refractivity contribution in [3.63, 3.8) is 0 Å². The van der Waals surface area contributed by atoms with E-state index in [9.17, 15) is 8.78 Å². The molecule has 34 heavy (non-hydrogen) atoms. The summed E-state index contributed by atoms with van der Waals surface area (Å²) in [6.07, 6.45) is 5.27. The Hall–Kier alpha value is -3.20. The van der Waals surface area contributed by atoms with E-state index >= 15 is 0 Å². The van der Waals surface area contributed by atoms with Crippen LogP contribution in [-0.2, 0) is 6.42 Å². The molecule has 3 heteroatoms. The molecule has 1 fully saturated rings. The lowest BCUT2D eigenvalue weighted by Crippen LogP contribution is -2.32. The lowest BCUT2D eigenvalue weighted by molar-refractivity contribution is 0.295. The molecule has 1 aliphatic heterocycles. The number of benzene rings is 3. The maximum atomic E-state index is 13.8. The Morgan fingerprint density at radius 2 is 1.76 bits per heavy atom. The van der Waals surface area contributed by atoms with Crippen LogP contribution in [0.4, 0.5) is 8.78 Å². The molecule has 3 aromatic rings. The van der Waals surface area contributed by atoms with Gasteiger partial charge in [-0.3, -0.25) is 0 Å². The second-order valence-corrected chi connectivity index (χ2v) is 10.1. The fourth-order valence-corrected chi connectivity index (χ4v) is 4.79. The van der Waals surface area contributed by atoms with E-state index in [1.54, 1.807) is 6.07 Å². The Bertz CT molecular complexity index is 1190. The van der Waals surface area contributed by atoms with Crippen molar-refractivity contribution in [2.75, 3.05) is 13.1 Å². The molecule has 176 valence electrons. The first-order valence-electron chi connectivity index (χ1n) is 12.0. The van der Waals surface area contributed by atoms with Crippen molar-refractivity contribution < 1.29 is 8.78 Å². The summed E-state index contributed by atoms with van der Waals surface area (Å²) in [5.74, 6) is -1.22. The van der Waals surface area contributed by atoms with Gasteiger partial charge < -0.3 is 4.90 Å². The number of halogens is 2. The lowest BCUT2D eigenvalue weighted by atomic mass is 9.83. The third kappa shape index (κ3) is 5.47. The van der Waals surface area contributed by atoms with Gasteiger partial charge in [-0.2, -0.15) is 0 Å². The Kier molecular flexibility index (Phi) is 7.02. The van der Waals surface area contributed by atoms with Crippen LogP contribution in [0.1, 0.15) is 49.3 Å². The summed E-state index contributed by atoms with van der Waals surface area (Å²) in [4.78, 5) is 2.36. The number of rotatable bonds is 7. The van der Waals surface area contributed by atoms with E-state index < -0.39 is 11.6 Å². The summed E-state index contributed by atoms with van der Waals surface area (Å²) in [7, 11) is 0. The third-order valence-electron chi connectivity index (χ3n) is 6.89. The second kappa shape index (κ2) is 9.97. The molecule has 0 amide bonds. The van der Waals surface area contributed by atoms with Crippen LogP contribution in [-0.4, -0.2) is 18.0 Å². The Balaban J connectivity index is 1.51. The Morgan fingerprint density at radius 3 is 2.53 bits per heavy atom. The van der Waals surface area contributed by atoms with Crippen LogP contribution in [0.15, 0.2) is 86.0 Å². The highest BCUT2D eigenvalue weighted by atomic mass is 19.2. The van der Waals surface area contributed by atoms with Crippen LogP contribution in [0.5, 0.6) is 0 Å². The van der Waals surface area contributed by atoms with Crippen LogP contribution >= 0.6 is 0 Å². The highest BCUT2D eigenvalue weighted by Crippen LogP contribution is 2.33. The van der Waals surface area contributed by atoms with E-state index in [4.69, 9.17) is 0 Å². The molecule has 0 spiro atoms. The molecule has 1 aliphatic rings. The molecular formula is C31H33F2N. The average Bonchev–Trinajstić information content (AvgIpc) is 2.85. The molecule has 1 heterocycles. The first-order valence-corrected chi connectivity index (χ1v) is 12.0. The number of nitrogens with zero attached hydrogens (tertiary/aromatic N) is 1. The highest BCUT2D eigenvalue weighted by Gasteiger charge is 2.24. The maximum absolute atomic E-state index is 13.8. The van der Waals surface area contributed by atoms with Gasteiger partial charge in [0.25, 0.3) is 0 Å². The van der Waals surface area contributed by atoms with Crippen molar-refractivity contribution in [2.45, 2.75) is 39.0 Å². The molecule has 1 saturated heterocycles. The minimum absolute atomic E-state index is 0.0734. The quantitative estimate of drug-likeness (QED) is 0.323. The second-order valence-electron chi connectivity index (χ2n) is 10.1. The normalized spacial score (nSPS) is 16.4. The topological polar surface area (TPSA) is 3.24 Å². The number of hydrogen-bond donors (Lipinski definition) is 0. The first-order chi connectivity index (χ1) is 16.3. The molecule has 0 aliphatic carbocycles. The zero-order valence-corrected chi connectivity index (χ0v) is 20.2. The molecule has 0 saturated carbocycles. The van der Waals surface area contributed by atoms with Gasteiger partial charge >= 0.3 is 0 Å². The molecule has 1 nitrogen and oxygen atoms in total. The predicted molar refractivity (Wildman–Crippen MR) is 138 cm³/mol. The fraction of sp³-hybridized carbons (Fsp3) is 0.290. The summed E-state index contributed by atoms with van der Waals surface area (Å²) in [6.45, 7) is 14.7. The molecule has 0 radical (unpaired) electrons. The third-order valence-corrected chi connectivity index (χ3v) is 6.89.